The van der Waals surface area contributed by atoms with Gasteiger partial charge in [-0.05, 0) is 36.2 Å². The van der Waals surface area contributed by atoms with E-state index >= 15 is 0 Å². The highest BCUT2D eigenvalue weighted by Gasteiger charge is 2.44. The molecule has 0 spiro atoms. The zero-order valence-electron chi connectivity index (χ0n) is 36.3. The van der Waals surface area contributed by atoms with Crippen molar-refractivity contribution in [3.8, 4) is 0 Å². The maximum atomic E-state index is 14.4. The van der Waals surface area contributed by atoms with E-state index in [1.165, 1.54) is 28.4 Å². The van der Waals surface area contributed by atoms with E-state index in [0.29, 0.717) is 12.0 Å². The molecule has 1 aliphatic carbocycles. The molecular weight excluding hydrogens is 785 g/mol. The minimum atomic E-state index is -1.22. The molecule has 332 valence electrons. The van der Waals surface area contributed by atoms with Crippen LogP contribution in [0.25, 0.3) is 0 Å². The van der Waals surface area contributed by atoms with E-state index in [2.05, 4.69) is 41.9 Å². The fourth-order valence-electron chi connectivity index (χ4n) is 7.73. The van der Waals surface area contributed by atoms with Crippen LogP contribution in [0.4, 0.5) is 0 Å². The van der Waals surface area contributed by atoms with Crippen molar-refractivity contribution in [1.29, 1.82) is 0 Å². The number of ketones is 1. The van der Waals surface area contributed by atoms with Gasteiger partial charge in [0.05, 0.1) is 30.7 Å². The number of benzene rings is 1. The highest BCUT2D eigenvalue weighted by atomic mass is 16.2. The van der Waals surface area contributed by atoms with Crippen LogP contribution in [0.5, 0.6) is 0 Å². The van der Waals surface area contributed by atoms with Gasteiger partial charge in [0.15, 0.2) is 0 Å². The predicted octanol–water partition coefficient (Wildman–Crippen LogP) is 0.649. The van der Waals surface area contributed by atoms with Gasteiger partial charge in [0, 0.05) is 46.6 Å². The molecule has 6 N–H and O–H groups in total. The monoisotopic (exact) mass is 846 g/mol. The van der Waals surface area contributed by atoms with Crippen LogP contribution in [0.3, 0.4) is 0 Å². The average molecular weight is 847 g/mol. The first-order valence-electron chi connectivity index (χ1n) is 21.0. The summed E-state index contributed by atoms with van der Waals surface area (Å²) in [4.78, 5) is 119. The normalized spacial score (nSPS) is 18.6. The number of hydrogen-bond donors (Lipinski definition) is 6. The van der Waals surface area contributed by atoms with Gasteiger partial charge in [-0.1, -0.05) is 83.7 Å². The standard InChI is InChI=1S/C43H62N10O8/c1-8-15-29(35(55)40(59)47-25-32(54)49-34(41(60)52(5)6)27-18-13-10-14-19-27)48-37(56)28-22-45-24-31(28)53(7)42(61)36(43(2,3)4)51-39(58)33(26-16-11-9-12-17-26)50-38(57)30-23-44-20-21-46-30/h10,13-14,18-21,23,26,28-29,31,33-34,36,45H,8-9,11-12,15-17,22,24-25H2,1-7H3,(H,47,59)(H,48,56)(H,49,54)(H,50,57)(H,51,58)/t28-,29+,31+,33+,34+,36-/m1/s1. The van der Waals surface area contributed by atoms with Crippen LogP contribution < -0.4 is 31.9 Å². The first-order chi connectivity index (χ1) is 28.9. The Kier molecular flexibility index (Phi) is 17.4. The van der Waals surface area contributed by atoms with Crippen LogP contribution in [0.15, 0.2) is 48.9 Å². The second-order valence-corrected chi connectivity index (χ2v) is 17.1. The summed E-state index contributed by atoms with van der Waals surface area (Å²) in [6.45, 7) is 7.05. The van der Waals surface area contributed by atoms with E-state index < -0.39 is 89.3 Å². The molecule has 2 fully saturated rings. The third kappa shape index (κ3) is 13.1. The number of nitrogens with zero attached hydrogens (tertiary/aromatic N) is 4. The van der Waals surface area contributed by atoms with Gasteiger partial charge < -0.3 is 41.7 Å². The highest BCUT2D eigenvalue weighted by molar-refractivity contribution is 6.38. The van der Waals surface area contributed by atoms with Gasteiger partial charge in [0.1, 0.15) is 23.8 Å². The number of carbonyl (C=O) groups is 8. The zero-order chi connectivity index (χ0) is 44.9. The summed E-state index contributed by atoms with van der Waals surface area (Å²) in [5, 5.41) is 16.6. The van der Waals surface area contributed by atoms with Gasteiger partial charge in [-0.15, -0.1) is 0 Å². The Hall–Kier alpha value is -5.78. The van der Waals surface area contributed by atoms with E-state index in [1.807, 2.05) is 20.8 Å². The number of likely N-dealkylation sites (N-methyl/N-ethyl adjacent to an activating group) is 2. The van der Waals surface area contributed by atoms with Crippen molar-refractivity contribution in [3.05, 3.63) is 60.2 Å². The van der Waals surface area contributed by atoms with E-state index in [9.17, 15) is 38.4 Å². The smallest absolute Gasteiger partial charge is 0.290 e. The Morgan fingerprint density at radius 1 is 0.852 bits per heavy atom. The van der Waals surface area contributed by atoms with Crippen molar-refractivity contribution >= 4 is 47.1 Å². The molecule has 1 saturated carbocycles. The van der Waals surface area contributed by atoms with Crippen LogP contribution >= 0.6 is 0 Å². The maximum absolute atomic E-state index is 14.4. The molecule has 61 heavy (non-hydrogen) atoms. The molecule has 2 aromatic rings. The highest BCUT2D eigenvalue weighted by Crippen LogP contribution is 2.29. The molecule has 0 unspecified atom stereocenters. The van der Waals surface area contributed by atoms with Crippen LogP contribution in [-0.2, 0) is 33.6 Å². The first-order valence-corrected chi connectivity index (χ1v) is 21.0. The maximum Gasteiger partial charge on any atom is 0.290 e. The van der Waals surface area contributed by atoms with E-state index in [4.69, 9.17) is 0 Å². The van der Waals surface area contributed by atoms with Crippen molar-refractivity contribution in [2.45, 2.75) is 103 Å². The zero-order valence-corrected chi connectivity index (χ0v) is 36.3. The van der Waals surface area contributed by atoms with E-state index in [1.54, 1.807) is 58.4 Å². The van der Waals surface area contributed by atoms with Crippen molar-refractivity contribution < 1.29 is 38.4 Å². The number of nitrogens with one attached hydrogen (secondary N) is 6. The summed E-state index contributed by atoms with van der Waals surface area (Å²) in [5.41, 5.74) is -0.183. The predicted molar refractivity (Wildman–Crippen MR) is 225 cm³/mol. The van der Waals surface area contributed by atoms with E-state index in [-0.39, 0.29) is 37.0 Å². The number of Topliss-reactive ketones (excluding diaryl/α,β-unsaturated/α-hetero) is 1. The van der Waals surface area contributed by atoms with E-state index in [0.717, 1.165) is 32.1 Å². The molecule has 7 amide bonds. The summed E-state index contributed by atoms with van der Waals surface area (Å²) in [6.07, 6.45) is 9.01. The summed E-state index contributed by atoms with van der Waals surface area (Å²) < 4.78 is 0. The number of hydrogen-bond acceptors (Lipinski definition) is 11. The Morgan fingerprint density at radius 2 is 1.54 bits per heavy atom. The Labute approximate surface area is 357 Å². The van der Waals surface area contributed by atoms with Crippen molar-refractivity contribution in [1.82, 2.24) is 51.7 Å². The summed E-state index contributed by atoms with van der Waals surface area (Å²) >= 11 is 0. The Morgan fingerprint density at radius 3 is 2.15 bits per heavy atom. The van der Waals surface area contributed by atoms with Gasteiger partial charge in [0.25, 0.3) is 11.8 Å². The van der Waals surface area contributed by atoms with Crippen LogP contribution in [0.2, 0.25) is 0 Å². The SMILES string of the molecule is CCC[C@H](NC(=O)[C@@H]1CNC[C@@H]1N(C)C(=O)[C@@H](NC(=O)[C@@H](NC(=O)c1cnccn1)C1CCCCC1)C(C)(C)C)C(=O)C(=O)NCC(=O)N[C@H](C(=O)N(C)C)c1ccccc1. The van der Waals surface area contributed by atoms with Gasteiger partial charge in [0.2, 0.25) is 35.3 Å². The number of rotatable bonds is 18. The molecular formula is C43H62N10O8. The summed E-state index contributed by atoms with van der Waals surface area (Å²) in [6, 6.07) is 3.70. The van der Waals surface area contributed by atoms with Crippen LogP contribution in [0.1, 0.15) is 94.7 Å². The fourth-order valence-corrected chi connectivity index (χ4v) is 7.73. The second-order valence-electron chi connectivity index (χ2n) is 17.1. The fraction of sp³-hybridized carbons (Fsp3) is 0.581. The average Bonchev–Trinajstić information content (AvgIpc) is 3.75. The van der Waals surface area contributed by atoms with Gasteiger partial charge >= 0.3 is 0 Å². The molecule has 2 aliphatic rings. The minimum Gasteiger partial charge on any atom is -0.347 e. The molecule has 18 heteroatoms. The third-order valence-corrected chi connectivity index (χ3v) is 11.2. The Bertz CT molecular complexity index is 1870. The topological polar surface area (TPSA) is 241 Å². The molecule has 1 saturated heterocycles. The molecule has 1 aromatic heterocycles. The third-order valence-electron chi connectivity index (χ3n) is 11.2. The van der Waals surface area contributed by atoms with Crippen LogP contribution in [0, 0.1) is 17.3 Å². The molecule has 1 aromatic carbocycles. The lowest BCUT2D eigenvalue weighted by Crippen LogP contribution is -2.61. The second kappa shape index (κ2) is 22.2. The quantitative estimate of drug-likeness (QED) is 0.114. The largest absolute Gasteiger partial charge is 0.347 e. The van der Waals surface area contributed by atoms with Gasteiger partial charge in [-0.3, -0.25) is 43.3 Å². The van der Waals surface area contributed by atoms with Gasteiger partial charge in [-0.2, -0.15) is 0 Å². The van der Waals surface area contributed by atoms with Crippen molar-refractivity contribution in [2.24, 2.45) is 17.3 Å². The lowest BCUT2D eigenvalue weighted by molar-refractivity contribution is -0.143. The van der Waals surface area contributed by atoms with Crippen LogP contribution in [-0.4, -0.2) is 132 Å². The minimum absolute atomic E-state index is 0.0652. The number of carbonyl (C=O) groups excluding carboxylic acids is 8. The lowest BCUT2D eigenvalue weighted by Gasteiger charge is -2.38. The molecule has 6 atom stereocenters. The van der Waals surface area contributed by atoms with Crippen molar-refractivity contribution in [3.63, 3.8) is 0 Å². The molecule has 1 aliphatic heterocycles. The van der Waals surface area contributed by atoms with Crippen molar-refractivity contribution in [2.75, 3.05) is 40.8 Å². The Balaban J connectivity index is 1.41. The summed E-state index contributed by atoms with van der Waals surface area (Å²) in [7, 11) is 4.66. The molecule has 0 bridgehead atoms. The lowest BCUT2D eigenvalue weighted by atomic mass is 9.82. The molecule has 18 nitrogen and oxygen atoms in total. The number of aromatic nitrogens is 2. The summed E-state index contributed by atoms with van der Waals surface area (Å²) in [5.74, 6) is -6.15. The number of amides is 7. The molecule has 0 radical (unpaired) electrons. The first kappa shape index (κ1) is 47.9. The molecule has 4 rings (SSSR count). The van der Waals surface area contributed by atoms with Gasteiger partial charge in [-0.25, -0.2) is 4.98 Å². The molecule has 2 heterocycles.